The molecule has 0 spiro atoms. The number of pyridine rings is 1. The van der Waals surface area contributed by atoms with Crippen molar-refractivity contribution in [2.75, 3.05) is 42.9 Å². The highest BCUT2D eigenvalue weighted by Gasteiger charge is 2.23. The SMILES string of the molecule is Cc1noc(C)c1-c1ccc2nc(N3CCN(C(=O)CN)CC3)nc(NCc3cncc(Cl)c3)c2c1. The van der Waals surface area contributed by atoms with E-state index in [-0.39, 0.29) is 12.5 Å². The quantitative estimate of drug-likeness (QED) is 0.405. The molecule has 1 fully saturated rings. The Labute approximate surface area is 213 Å². The molecule has 36 heavy (non-hydrogen) atoms. The molecule has 1 saturated heterocycles. The number of benzene rings is 1. The van der Waals surface area contributed by atoms with Crippen molar-refractivity contribution < 1.29 is 9.32 Å². The highest BCUT2D eigenvalue weighted by atomic mass is 35.5. The summed E-state index contributed by atoms with van der Waals surface area (Å²) in [6.45, 7) is 6.77. The zero-order valence-electron chi connectivity index (χ0n) is 20.2. The number of piperazine rings is 1. The Balaban J connectivity index is 1.51. The molecular weight excluding hydrogens is 480 g/mol. The lowest BCUT2D eigenvalue weighted by molar-refractivity contribution is -0.129. The van der Waals surface area contributed by atoms with Crippen LogP contribution in [0.2, 0.25) is 5.02 Å². The number of aromatic nitrogens is 4. The Morgan fingerprint density at radius 2 is 1.94 bits per heavy atom. The van der Waals surface area contributed by atoms with E-state index >= 15 is 0 Å². The van der Waals surface area contributed by atoms with Gasteiger partial charge in [0, 0.05) is 56.1 Å². The van der Waals surface area contributed by atoms with Crippen LogP contribution >= 0.6 is 11.6 Å². The van der Waals surface area contributed by atoms with Gasteiger partial charge in [-0.2, -0.15) is 4.98 Å². The van der Waals surface area contributed by atoms with Gasteiger partial charge in [-0.25, -0.2) is 4.98 Å². The van der Waals surface area contributed by atoms with E-state index in [1.54, 1.807) is 17.3 Å². The van der Waals surface area contributed by atoms with Gasteiger partial charge in [0.1, 0.15) is 11.6 Å². The van der Waals surface area contributed by atoms with Crippen molar-refractivity contribution in [3.05, 3.63) is 58.7 Å². The lowest BCUT2D eigenvalue weighted by Crippen LogP contribution is -2.50. The lowest BCUT2D eigenvalue weighted by Gasteiger charge is -2.34. The van der Waals surface area contributed by atoms with Crippen molar-refractivity contribution in [2.24, 2.45) is 5.73 Å². The van der Waals surface area contributed by atoms with Gasteiger partial charge < -0.3 is 25.4 Å². The van der Waals surface area contributed by atoms with Crippen molar-refractivity contribution in [3.63, 3.8) is 0 Å². The second kappa shape index (κ2) is 10.1. The zero-order valence-corrected chi connectivity index (χ0v) is 20.9. The van der Waals surface area contributed by atoms with Crippen LogP contribution in [0.25, 0.3) is 22.0 Å². The van der Waals surface area contributed by atoms with E-state index in [1.165, 1.54) is 0 Å². The third kappa shape index (κ3) is 4.82. The van der Waals surface area contributed by atoms with Crippen molar-refractivity contribution in [2.45, 2.75) is 20.4 Å². The number of carbonyl (C=O) groups excluding carboxylic acids is 1. The minimum atomic E-state index is -0.0431. The summed E-state index contributed by atoms with van der Waals surface area (Å²) in [7, 11) is 0. The van der Waals surface area contributed by atoms with Crippen LogP contribution in [0.3, 0.4) is 0 Å². The molecule has 1 aromatic carbocycles. The van der Waals surface area contributed by atoms with Crippen LogP contribution in [0.4, 0.5) is 11.8 Å². The van der Waals surface area contributed by atoms with E-state index in [9.17, 15) is 4.79 Å². The normalized spacial score (nSPS) is 13.9. The molecule has 3 N–H and O–H groups in total. The van der Waals surface area contributed by atoms with Crippen LogP contribution < -0.4 is 16.0 Å². The first-order valence-electron chi connectivity index (χ1n) is 11.7. The number of amides is 1. The predicted molar refractivity (Wildman–Crippen MR) is 139 cm³/mol. The molecule has 0 unspecified atom stereocenters. The summed E-state index contributed by atoms with van der Waals surface area (Å²) < 4.78 is 5.38. The van der Waals surface area contributed by atoms with Crippen molar-refractivity contribution in [1.29, 1.82) is 0 Å². The fourth-order valence-electron chi connectivity index (χ4n) is 4.47. The van der Waals surface area contributed by atoms with Crippen molar-refractivity contribution in [1.82, 2.24) is 25.0 Å². The fraction of sp³-hybridized carbons (Fsp3) is 0.320. The van der Waals surface area contributed by atoms with Crippen LogP contribution in [-0.2, 0) is 11.3 Å². The van der Waals surface area contributed by atoms with Gasteiger partial charge in [0.05, 0.1) is 22.8 Å². The van der Waals surface area contributed by atoms with Crippen LogP contribution in [0.15, 0.2) is 41.2 Å². The number of hydrogen-bond acceptors (Lipinski definition) is 9. The highest BCUT2D eigenvalue weighted by Crippen LogP contribution is 2.32. The molecule has 4 aromatic rings. The van der Waals surface area contributed by atoms with Gasteiger partial charge in [0.25, 0.3) is 0 Å². The number of nitrogens with one attached hydrogen (secondary N) is 1. The topological polar surface area (TPSA) is 126 Å². The van der Waals surface area contributed by atoms with Gasteiger partial charge in [-0.15, -0.1) is 0 Å². The van der Waals surface area contributed by atoms with Gasteiger partial charge in [0.15, 0.2) is 0 Å². The number of nitrogens with two attached hydrogens (primary N) is 1. The summed E-state index contributed by atoms with van der Waals surface area (Å²) >= 11 is 6.13. The number of hydrogen-bond donors (Lipinski definition) is 2. The summed E-state index contributed by atoms with van der Waals surface area (Å²) in [6.07, 6.45) is 3.38. The fourth-order valence-corrected chi connectivity index (χ4v) is 4.66. The molecule has 11 heteroatoms. The average Bonchev–Trinajstić information content (AvgIpc) is 3.24. The molecular formula is C25H27ClN8O2. The summed E-state index contributed by atoms with van der Waals surface area (Å²) in [5.74, 6) is 2.02. The molecule has 186 valence electrons. The zero-order chi connectivity index (χ0) is 25.2. The monoisotopic (exact) mass is 506 g/mol. The second-order valence-electron chi connectivity index (χ2n) is 8.74. The van der Waals surface area contributed by atoms with E-state index in [0.29, 0.717) is 49.5 Å². The molecule has 0 radical (unpaired) electrons. The number of nitrogens with zero attached hydrogens (tertiary/aromatic N) is 6. The molecule has 10 nitrogen and oxygen atoms in total. The molecule has 5 rings (SSSR count). The van der Waals surface area contributed by atoms with Crippen molar-refractivity contribution >= 4 is 40.2 Å². The number of carbonyl (C=O) groups is 1. The van der Waals surface area contributed by atoms with Crippen LogP contribution in [0, 0.1) is 13.8 Å². The third-order valence-corrected chi connectivity index (χ3v) is 6.52. The molecule has 1 amide bonds. The van der Waals surface area contributed by atoms with Crippen molar-refractivity contribution in [3.8, 4) is 11.1 Å². The average molecular weight is 507 g/mol. The molecule has 0 saturated carbocycles. The Morgan fingerprint density at radius 3 is 2.64 bits per heavy atom. The second-order valence-corrected chi connectivity index (χ2v) is 9.18. The van der Waals surface area contributed by atoms with E-state index < -0.39 is 0 Å². The maximum Gasteiger partial charge on any atom is 0.236 e. The maximum absolute atomic E-state index is 12.0. The summed E-state index contributed by atoms with van der Waals surface area (Å²) in [6, 6.07) is 7.94. The Morgan fingerprint density at radius 1 is 1.14 bits per heavy atom. The van der Waals surface area contributed by atoms with Crippen LogP contribution in [-0.4, -0.2) is 63.6 Å². The maximum atomic E-state index is 12.0. The number of rotatable bonds is 6. The molecule has 1 aliphatic heterocycles. The van der Waals surface area contributed by atoms with Crippen LogP contribution in [0.1, 0.15) is 17.0 Å². The Hall–Kier alpha value is -3.76. The van der Waals surface area contributed by atoms with E-state index in [4.69, 9.17) is 31.8 Å². The first-order valence-corrected chi connectivity index (χ1v) is 12.1. The Kier molecular flexibility index (Phi) is 6.71. The molecule has 3 aromatic heterocycles. The summed E-state index contributed by atoms with van der Waals surface area (Å²) in [4.78, 5) is 29.8. The molecule has 0 aliphatic carbocycles. The summed E-state index contributed by atoms with van der Waals surface area (Å²) in [5, 5.41) is 9.00. The summed E-state index contributed by atoms with van der Waals surface area (Å²) in [5.41, 5.74) is 10.0. The minimum Gasteiger partial charge on any atom is -0.365 e. The standard InChI is InChI=1S/C25H27ClN8O2/c1-15-23(16(2)36-32-15)18-3-4-21-20(10-18)24(29-13-17-9-19(26)14-28-12-17)31-25(30-21)34-7-5-33(6-8-34)22(35)11-27/h3-4,9-10,12,14H,5-8,11,13,27H2,1-2H3,(H,29,30,31). The first kappa shape index (κ1) is 24.0. The molecule has 1 aliphatic rings. The van der Waals surface area contributed by atoms with E-state index in [1.807, 2.05) is 32.0 Å². The lowest BCUT2D eigenvalue weighted by atomic mass is 10.0. The highest BCUT2D eigenvalue weighted by molar-refractivity contribution is 6.30. The largest absolute Gasteiger partial charge is 0.365 e. The molecule has 0 bridgehead atoms. The number of fused-ring (bicyclic) bond motifs is 1. The minimum absolute atomic E-state index is 0.0202. The molecule has 0 atom stereocenters. The number of halogens is 1. The van der Waals surface area contributed by atoms with Crippen LogP contribution in [0.5, 0.6) is 0 Å². The number of aryl methyl sites for hydroxylation is 2. The van der Waals surface area contributed by atoms with E-state index in [2.05, 4.69) is 26.4 Å². The van der Waals surface area contributed by atoms with Gasteiger partial charge in [-0.3, -0.25) is 9.78 Å². The van der Waals surface area contributed by atoms with E-state index in [0.717, 1.165) is 39.0 Å². The Bertz CT molecular complexity index is 1400. The first-order chi connectivity index (χ1) is 17.4. The van der Waals surface area contributed by atoms with Gasteiger partial charge in [-0.1, -0.05) is 22.8 Å². The predicted octanol–water partition coefficient (Wildman–Crippen LogP) is 3.17. The number of anilines is 2. The van der Waals surface area contributed by atoms with Gasteiger partial charge >= 0.3 is 0 Å². The van der Waals surface area contributed by atoms with Gasteiger partial charge in [0.2, 0.25) is 11.9 Å². The third-order valence-electron chi connectivity index (χ3n) is 6.32. The molecule has 4 heterocycles. The smallest absolute Gasteiger partial charge is 0.236 e. The van der Waals surface area contributed by atoms with Gasteiger partial charge in [-0.05, 0) is 43.2 Å².